The van der Waals surface area contributed by atoms with E-state index < -0.39 is 5.97 Å². The number of anilines is 1. The third-order valence-corrected chi connectivity index (χ3v) is 2.83. The molecule has 0 aliphatic carbocycles. The summed E-state index contributed by atoms with van der Waals surface area (Å²) >= 11 is 0. The maximum Gasteiger partial charge on any atom is 0.338 e. The van der Waals surface area contributed by atoms with Crippen molar-refractivity contribution in [2.75, 3.05) is 12.3 Å². The van der Waals surface area contributed by atoms with Crippen molar-refractivity contribution in [3.05, 3.63) is 59.4 Å². The smallest absolute Gasteiger partial charge is 0.338 e. The molecule has 0 atom stereocenters. The Morgan fingerprint density at radius 2 is 1.90 bits per heavy atom. The molecule has 2 aromatic carbocycles. The van der Waals surface area contributed by atoms with Gasteiger partial charge in [-0.1, -0.05) is 12.1 Å². The van der Waals surface area contributed by atoms with Crippen LogP contribution in [0.2, 0.25) is 0 Å². The van der Waals surface area contributed by atoms with E-state index in [1.54, 1.807) is 31.2 Å². The predicted molar refractivity (Wildman–Crippen MR) is 77.5 cm³/mol. The van der Waals surface area contributed by atoms with Gasteiger partial charge < -0.3 is 15.2 Å². The summed E-state index contributed by atoms with van der Waals surface area (Å²) in [4.78, 5) is 11.6. The zero-order chi connectivity index (χ0) is 15.2. The lowest BCUT2D eigenvalue weighted by atomic mass is 10.2. The normalized spacial score (nSPS) is 10.2. The number of rotatable bonds is 5. The van der Waals surface area contributed by atoms with Crippen molar-refractivity contribution in [2.45, 2.75) is 13.5 Å². The van der Waals surface area contributed by atoms with Gasteiger partial charge in [-0.05, 0) is 42.8 Å². The number of halogens is 1. The van der Waals surface area contributed by atoms with Gasteiger partial charge in [-0.2, -0.15) is 0 Å². The summed E-state index contributed by atoms with van der Waals surface area (Å²) in [7, 11) is 0. The van der Waals surface area contributed by atoms with Crippen LogP contribution in [0.5, 0.6) is 5.75 Å². The van der Waals surface area contributed by atoms with Crippen LogP contribution >= 0.6 is 0 Å². The van der Waals surface area contributed by atoms with Crippen molar-refractivity contribution in [3.63, 3.8) is 0 Å². The first-order chi connectivity index (χ1) is 10.1. The standard InChI is InChI=1S/C16H16FNO3/c1-2-20-16(19)12-5-8-15(14(18)9-12)21-10-11-3-6-13(17)7-4-11/h3-9H,2,10,18H2,1H3. The number of nitrogen functional groups attached to an aromatic ring is 1. The topological polar surface area (TPSA) is 61.5 Å². The number of carbonyl (C=O) groups excluding carboxylic acids is 1. The summed E-state index contributed by atoms with van der Waals surface area (Å²) in [6.07, 6.45) is 0. The molecule has 21 heavy (non-hydrogen) atoms. The minimum Gasteiger partial charge on any atom is -0.487 e. The van der Waals surface area contributed by atoms with Crippen LogP contribution in [-0.4, -0.2) is 12.6 Å². The monoisotopic (exact) mass is 289 g/mol. The second kappa shape index (κ2) is 6.74. The molecule has 0 saturated carbocycles. The van der Waals surface area contributed by atoms with E-state index >= 15 is 0 Å². The lowest BCUT2D eigenvalue weighted by molar-refractivity contribution is 0.0526. The van der Waals surface area contributed by atoms with E-state index in [1.165, 1.54) is 18.2 Å². The zero-order valence-electron chi connectivity index (χ0n) is 11.6. The van der Waals surface area contributed by atoms with Crippen LogP contribution in [0.15, 0.2) is 42.5 Å². The summed E-state index contributed by atoms with van der Waals surface area (Å²) in [5.74, 6) is -0.251. The van der Waals surface area contributed by atoms with Gasteiger partial charge in [0.25, 0.3) is 0 Å². The molecule has 0 saturated heterocycles. The molecule has 0 heterocycles. The van der Waals surface area contributed by atoms with Crippen molar-refractivity contribution in [1.82, 2.24) is 0 Å². The Hall–Kier alpha value is -2.56. The third kappa shape index (κ3) is 3.95. The van der Waals surface area contributed by atoms with Crippen molar-refractivity contribution < 1.29 is 18.7 Å². The number of nitrogens with two attached hydrogens (primary N) is 1. The molecule has 0 spiro atoms. The first-order valence-electron chi connectivity index (χ1n) is 6.54. The third-order valence-electron chi connectivity index (χ3n) is 2.83. The molecule has 2 N–H and O–H groups in total. The SMILES string of the molecule is CCOC(=O)c1ccc(OCc2ccc(F)cc2)c(N)c1. The fourth-order valence-electron chi connectivity index (χ4n) is 1.76. The zero-order valence-corrected chi connectivity index (χ0v) is 11.6. The Bertz CT molecular complexity index is 626. The lowest BCUT2D eigenvalue weighted by Gasteiger charge is -2.10. The Balaban J connectivity index is 2.04. The largest absolute Gasteiger partial charge is 0.487 e. The number of ether oxygens (including phenoxy) is 2. The Kier molecular flexibility index (Phi) is 4.77. The van der Waals surface area contributed by atoms with E-state index in [9.17, 15) is 9.18 Å². The van der Waals surface area contributed by atoms with Gasteiger partial charge in [-0.15, -0.1) is 0 Å². The number of hydrogen-bond donors (Lipinski definition) is 1. The van der Waals surface area contributed by atoms with Gasteiger partial charge in [-0.25, -0.2) is 9.18 Å². The van der Waals surface area contributed by atoms with Gasteiger partial charge >= 0.3 is 5.97 Å². The predicted octanol–water partition coefficient (Wildman–Crippen LogP) is 3.16. The number of carbonyl (C=O) groups is 1. The highest BCUT2D eigenvalue weighted by Crippen LogP contribution is 2.24. The average molecular weight is 289 g/mol. The molecule has 2 aromatic rings. The van der Waals surface area contributed by atoms with Crippen LogP contribution in [0.4, 0.5) is 10.1 Å². The maximum absolute atomic E-state index is 12.8. The summed E-state index contributed by atoms with van der Waals surface area (Å²) in [5.41, 5.74) is 7.40. The molecule has 0 bridgehead atoms. The molecular formula is C16H16FNO3. The maximum atomic E-state index is 12.8. The molecule has 0 aliphatic heterocycles. The van der Waals surface area contributed by atoms with Gasteiger partial charge in [0.2, 0.25) is 0 Å². The fourth-order valence-corrected chi connectivity index (χ4v) is 1.76. The Morgan fingerprint density at radius 1 is 1.19 bits per heavy atom. The molecule has 0 fully saturated rings. The summed E-state index contributed by atoms with van der Waals surface area (Å²) in [6.45, 7) is 2.31. The molecular weight excluding hydrogens is 273 g/mol. The van der Waals surface area contributed by atoms with Crippen molar-refractivity contribution in [1.29, 1.82) is 0 Å². The quantitative estimate of drug-likeness (QED) is 0.678. The van der Waals surface area contributed by atoms with Crippen molar-refractivity contribution >= 4 is 11.7 Å². The Labute approximate surface area is 122 Å². The molecule has 0 unspecified atom stereocenters. The van der Waals surface area contributed by atoms with E-state index in [-0.39, 0.29) is 12.4 Å². The van der Waals surface area contributed by atoms with E-state index in [1.807, 2.05) is 0 Å². The van der Waals surface area contributed by atoms with Crippen LogP contribution < -0.4 is 10.5 Å². The van der Waals surface area contributed by atoms with Crippen LogP contribution in [0.3, 0.4) is 0 Å². The second-order valence-corrected chi connectivity index (χ2v) is 4.39. The van der Waals surface area contributed by atoms with Crippen LogP contribution in [-0.2, 0) is 11.3 Å². The first kappa shape index (κ1) is 14.8. The minimum absolute atomic E-state index is 0.267. The summed E-state index contributed by atoms with van der Waals surface area (Å²) in [6, 6.07) is 10.7. The number of esters is 1. The minimum atomic E-state index is -0.422. The van der Waals surface area contributed by atoms with Gasteiger partial charge in [-0.3, -0.25) is 0 Å². The molecule has 0 amide bonds. The van der Waals surface area contributed by atoms with Gasteiger partial charge in [0, 0.05) is 0 Å². The van der Waals surface area contributed by atoms with E-state index in [4.69, 9.17) is 15.2 Å². The van der Waals surface area contributed by atoms with E-state index in [0.717, 1.165) is 5.56 Å². The average Bonchev–Trinajstić information content (AvgIpc) is 2.48. The molecule has 0 aromatic heterocycles. The van der Waals surface area contributed by atoms with Crippen molar-refractivity contribution in [3.8, 4) is 5.75 Å². The van der Waals surface area contributed by atoms with Gasteiger partial charge in [0.05, 0.1) is 17.9 Å². The summed E-state index contributed by atoms with van der Waals surface area (Å²) < 4.78 is 23.2. The Morgan fingerprint density at radius 3 is 2.52 bits per heavy atom. The van der Waals surface area contributed by atoms with Crippen molar-refractivity contribution in [2.24, 2.45) is 0 Å². The molecule has 110 valence electrons. The molecule has 4 nitrogen and oxygen atoms in total. The summed E-state index contributed by atoms with van der Waals surface area (Å²) in [5, 5.41) is 0. The van der Waals surface area contributed by atoms with E-state index in [2.05, 4.69) is 0 Å². The van der Waals surface area contributed by atoms with Crippen LogP contribution in [0, 0.1) is 5.82 Å². The van der Waals surface area contributed by atoms with E-state index in [0.29, 0.717) is 23.6 Å². The number of benzene rings is 2. The highest BCUT2D eigenvalue weighted by molar-refractivity contribution is 5.91. The first-order valence-corrected chi connectivity index (χ1v) is 6.54. The lowest BCUT2D eigenvalue weighted by Crippen LogP contribution is -2.06. The molecule has 5 heteroatoms. The second-order valence-electron chi connectivity index (χ2n) is 4.39. The number of hydrogen-bond acceptors (Lipinski definition) is 4. The fraction of sp³-hybridized carbons (Fsp3) is 0.188. The molecule has 0 radical (unpaired) electrons. The van der Waals surface area contributed by atoms with Crippen LogP contribution in [0.25, 0.3) is 0 Å². The molecule has 2 rings (SSSR count). The molecule has 0 aliphatic rings. The van der Waals surface area contributed by atoms with Gasteiger partial charge in [0.15, 0.2) is 0 Å². The van der Waals surface area contributed by atoms with Crippen LogP contribution in [0.1, 0.15) is 22.8 Å². The highest BCUT2D eigenvalue weighted by Gasteiger charge is 2.09. The highest BCUT2D eigenvalue weighted by atomic mass is 19.1. The van der Waals surface area contributed by atoms with Gasteiger partial charge in [0.1, 0.15) is 18.2 Å².